The molecule has 0 spiro atoms. The number of ether oxygens (including phenoxy) is 1. The molecule has 1 aliphatic carbocycles. The highest BCUT2D eigenvalue weighted by molar-refractivity contribution is 4.83. The van der Waals surface area contributed by atoms with E-state index >= 15 is 0 Å². The van der Waals surface area contributed by atoms with E-state index < -0.39 is 0 Å². The number of hydrogen-bond donors (Lipinski definition) is 1. The van der Waals surface area contributed by atoms with Crippen LogP contribution in [-0.2, 0) is 4.74 Å². The number of nitrogens with one attached hydrogen (secondary N) is 1. The standard InChI is InChI=1S/C11H23NO/c1-3-5-9-13-11-8-6-7-10(11)12-4-2/h10-12H,3-9H2,1-2H3. The monoisotopic (exact) mass is 185 g/mol. The van der Waals surface area contributed by atoms with E-state index in [1.165, 1.54) is 32.1 Å². The van der Waals surface area contributed by atoms with Crippen LogP contribution in [0.2, 0.25) is 0 Å². The van der Waals surface area contributed by atoms with Crippen molar-refractivity contribution in [1.29, 1.82) is 0 Å². The minimum atomic E-state index is 0.492. The summed E-state index contributed by atoms with van der Waals surface area (Å²) in [5, 5.41) is 3.50. The van der Waals surface area contributed by atoms with Crippen LogP contribution in [0, 0.1) is 0 Å². The summed E-state index contributed by atoms with van der Waals surface area (Å²) in [6, 6.07) is 0.627. The molecule has 2 nitrogen and oxygen atoms in total. The van der Waals surface area contributed by atoms with Gasteiger partial charge in [0, 0.05) is 12.6 Å². The van der Waals surface area contributed by atoms with Crippen molar-refractivity contribution in [3.63, 3.8) is 0 Å². The first-order valence-electron chi connectivity index (χ1n) is 5.73. The first-order valence-corrected chi connectivity index (χ1v) is 5.73. The summed E-state index contributed by atoms with van der Waals surface area (Å²) in [6.07, 6.45) is 6.81. The zero-order chi connectivity index (χ0) is 9.52. The fourth-order valence-electron chi connectivity index (χ4n) is 2.00. The minimum Gasteiger partial charge on any atom is -0.377 e. The Bertz CT molecular complexity index is 127. The fourth-order valence-corrected chi connectivity index (χ4v) is 2.00. The van der Waals surface area contributed by atoms with Crippen molar-refractivity contribution < 1.29 is 4.74 Å². The minimum absolute atomic E-state index is 0.492. The molecule has 0 aromatic carbocycles. The zero-order valence-electron chi connectivity index (χ0n) is 9.01. The Hall–Kier alpha value is -0.0800. The Morgan fingerprint density at radius 2 is 2.15 bits per heavy atom. The SMILES string of the molecule is CCCCOC1CCCC1NCC. The molecule has 0 radical (unpaired) electrons. The van der Waals surface area contributed by atoms with Crippen LogP contribution in [0.25, 0.3) is 0 Å². The molecule has 1 aliphatic rings. The Kier molecular flexibility index (Phi) is 5.40. The normalized spacial score (nSPS) is 28.2. The first-order chi connectivity index (χ1) is 6.38. The number of rotatable bonds is 6. The highest BCUT2D eigenvalue weighted by atomic mass is 16.5. The van der Waals surface area contributed by atoms with Crippen molar-refractivity contribution >= 4 is 0 Å². The molecule has 0 saturated heterocycles. The van der Waals surface area contributed by atoms with E-state index in [1.54, 1.807) is 0 Å². The molecule has 78 valence electrons. The van der Waals surface area contributed by atoms with Crippen molar-refractivity contribution in [1.82, 2.24) is 5.32 Å². The lowest BCUT2D eigenvalue weighted by Crippen LogP contribution is -2.37. The summed E-state index contributed by atoms with van der Waals surface area (Å²) < 4.78 is 5.85. The van der Waals surface area contributed by atoms with Gasteiger partial charge >= 0.3 is 0 Å². The second kappa shape index (κ2) is 6.39. The molecule has 1 fully saturated rings. The van der Waals surface area contributed by atoms with Gasteiger partial charge in [-0.25, -0.2) is 0 Å². The van der Waals surface area contributed by atoms with E-state index in [9.17, 15) is 0 Å². The van der Waals surface area contributed by atoms with Crippen LogP contribution >= 0.6 is 0 Å². The van der Waals surface area contributed by atoms with E-state index in [1.807, 2.05) is 0 Å². The lowest BCUT2D eigenvalue weighted by Gasteiger charge is -2.20. The Balaban J connectivity index is 2.15. The summed E-state index contributed by atoms with van der Waals surface area (Å²) in [7, 11) is 0. The Morgan fingerprint density at radius 1 is 1.31 bits per heavy atom. The van der Waals surface area contributed by atoms with Gasteiger partial charge in [0.25, 0.3) is 0 Å². The van der Waals surface area contributed by atoms with Crippen molar-refractivity contribution in [2.75, 3.05) is 13.2 Å². The van der Waals surface area contributed by atoms with E-state index in [0.29, 0.717) is 12.1 Å². The summed E-state index contributed by atoms with van der Waals surface area (Å²) >= 11 is 0. The van der Waals surface area contributed by atoms with Gasteiger partial charge < -0.3 is 10.1 Å². The van der Waals surface area contributed by atoms with Gasteiger partial charge in [-0.1, -0.05) is 20.3 Å². The Labute approximate surface area is 82.0 Å². The van der Waals surface area contributed by atoms with Crippen LogP contribution in [0.3, 0.4) is 0 Å². The molecule has 0 amide bonds. The molecular weight excluding hydrogens is 162 g/mol. The third kappa shape index (κ3) is 3.65. The first kappa shape index (κ1) is 11.0. The number of likely N-dealkylation sites (N-methyl/N-ethyl adjacent to an activating group) is 1. The van der Waals surface area contributed by atoms with Crippen LogP contribution in [0.1, 0.15) is 46.0 Å². The van der Waals surface area contributed by atoms with Gasteiger partial charge in [0.15, 0.2) is 0 Å². The molecule has 0 heterocycles. The second-order valence-corrected chi connectivity index (χ2v) is 3.86. The third-order valence-electron chi connectivity index (χ3n) is 2.75. The van der Waals surface area contributed by atoms with E-state index in [-0.39, 0.29) is 0 Å². The number of hydrogen-bond acceptors (Lipinski definition) is 2. The predicted molar refractivity (Wildman–Crippen MR) is 56.0 cm³/mol. The molecule has 1 rings (SSSR count). The lowest BCUT2D eigenvalue weighted by molar-refractivity contribution is 0.0387. The topological polar surface area (TPSA) is 21.3 Å². The molecule has 0 aliphatic heterocycles. The molecule has 2 atom stereocenters. The number of unbranched alkanes of at least 4 members (excludes halogenated alkanes) is 1. The van der Waals surface area contributed by atoms with Gasteiger partial charge in [-0.2, -0.15) is 0 Å². The lowest BCUT2D eigenvalue weighted by atomic mass is 10.2. The Morgan fingerprint density at radius 3 is 2.85 bits per heavy atom. The molecule has 0 bridgehead atoms. The van der Waals surface area contributed by atoms with Crippen molar-refractivity contribution in [2.45, 2.75) is 58.1 Å². The quantitative estimate of drug-likeness (QED) is 0.641. The molecule has 13 heavy (non-hydrogen) atoms. The molecule has 0 aromatic heterocycles. The van der Waals surface area contributed by atoms with Crippen LogP contribution in [-0.4, -0.2) is 25.3 Å². The highest BCUT2D eigenvalue weighted by Crippen LogP contribution is 2.22. The van der Waals surface area contributed by atoms with Crippen LogP contribution in [0.15, 0.2) is 0 Å². The summed E-state index contributed by atoms with van der Waals surface area (Å²) in [6.45, 7) is 6.39. The average molecular weight is 185 g/mol. The fraction of sp³-hybridized carbons (Fsp3) is 1.00. The van der Waals surface area contributed by atoms with Gasteiger partial charge in [0.2, 0.25) is 0 Å². The van der Waals surface area contributed by atoms with Crippen molar-refractivity contribution in [2.24, 2.45) is 0 Å². The maximum Gasteiger partial charge on any atom is 0.0728 e. The zero-order valence-corrected chi connectivity index (χ0v) is 9.01. The molecule has 1 saturated carbocycles. The molecule has 1 N–H and O–H groups in total. The smallest absolute Gasteiger partial charge is 0.0728 e. The van der Waals surface area contributed by atoms with E-state index in [4.69, 9.17) is 4.74 Å². The van der Waals surface area contributed by atoms with E-state index in [2.05, 4.69) is 19.2 Å². The van der Waals surface area contributed by atoms with Gasteiger partial charge in [-0.15, -0.1) is 0 Å². The van der Waals surface area contributed by atoms with Crippen LogP contribution < -0.4 is 5.32 Å². The largest absolute Gasteiger partial charge is 0.377 e. The van der Waals surface area contributed by atoms with Crippen molar-refractivity contribution in [3.8, 4) is 0 Å². The highest BCUT2D eigenvalue weighted by Gasteiger charge is 2.26. The summed E-state index contributed by atoms with van der Waals surface area (Å²) in [5.41, 5.74) is 0. The maximum atomic E-state index is 5.85. The van der Waals surface area contributed by atoms with Gasteiger partial charge in [0.05, 0.1) is 6.10 Å². The molecule has 0 aromatic rings. The summed E-state index contributed by atoms with van der Waals surface area (Å²) in [5.74, 6) is 0. The van der Waals surface area contributed by atoms with Gasteiger partial charge in [-0.3, -0.25) is 0 Å². The summed E-state index contributed by atoms with van der Waals surface area (Å²) in [4.78, 5) is 0. The van der Waals surface area contributed by atoms with Gasteiger partial charge in [-0.05, 0) is 32.2 Å². The van der Waals surface area contributed by atoms with Gasteiger partial charge in [0.1, 0.15) is 0 Å². The van der Waals surface area contributed by atoms with Crippen LogP contribution in [0.5, 0.6) is 0 Å². The average Bonchev–Trinajstić information content (AvgIpc) is 2.54. The van der Waals surface area contributed by atoms with E-state index in [0.717, 1.165) is 13.2 Å². The molecule has 2 unspecified atom stereocenters. The molecule has 2 heteroatoms. The van der Waals surface area contributed by atoms with Crippen LogP contribution in [0.4, 0.5) is 0 Å². The second-order valence-electron chi connectivity index (χ2n) is 3.86. The maximum absolute atomic E-state index is 5.85. The third-order valence-corrected chi connectivity index (χ3v) is 2.75. The van der Waals surface area contributed by atoms with Crippen molar-refractivity contribution in [3.05, 3.63) is 0 Å². The molecular formula is C11H23NO. The predicted octanol–water partition coefficient (Wildman–Crippen LogP) is 2.33.